The molecule has 0 fully saturated rings. The Kier molecular flexibility index (Phi) is 4.01. The minimum atomic E-state index is 0.140. The number of nitrogens with zero attached hydrogens (tertiary/aromatic N) is 4. The molecule has 0 aliphatic rings. The molecule has 0 saturated carbocycles. The summed E-state index contributed by atoms with van der Waals surface area (Å²) < 4.78 is 2.00. The standard InChI is InChI=1S/C23H20N4/c1-23(2,3)19-10-5-16(6-11-19)18-9-14-21-25-26-22(27(21)15-18)17-7-12-20(24-4)13-8-17/h5-15H,1-3H3. The van der Waals surface area contributed by atoms with E-state index in [0.717, 1.165) is 28.2 Å². The van der Waals surface area contributed by atoms with Crippen molar-refractivity contribution < 1.29 is 0 Å². The summed E-state index contributed by atoms with van der Waals surface area (Å²) >= 11 is 0. The Hall–Kier alpha value is -3.45. The first-order chi connectivity index (χ1) is 13.0. The zero-order valence-electron chi connectivity index (χ0n) is 15.6. The summed E-state index contributed by atoms with van der Waals surface area (Å²) in [5, 5.41) is 8.61. The van der Waals surface area contributed by atoms with Crippen molar-refractivity contribution in [3.8, 4) is 22.5 Å². The first-order valence-electron chi connectivity index (χ1n) is 8.89. The van der Waals surface area contributed by atoms with Gasteiger partial charge in [0.25, 0.3) is 0 Å². The van der Waals surface area contributed by atoms with Gasteiger partial charge in [-0.15, -0.1) is 10.2 Å². The largest absolute Gasteiger partial charge is 0.282 e. The molecule has 2 heterocycles. The molecule has 4 nitrogen and oxygen atoms in total. The third-order valence-corrected chi connectivity index (χ3v) is 4.74. The van der Waals surface area contributed by atoms with E-state index in [1.165, 1.54) is 5.56 Å². The van der Waals surface area contributed by atoms with Crippen LogP contribution in [0.3, 0.4) is 0 Å². The molecular formula is C23H20N4. The smallest absolute Gasteiger partial charge is 0.187 e. The van der Waals surface area contributed by atoms with Crippen molar-refractivity contribution in [2.24, 2.45) is 0 Å². The van der Waals surface area contributed by atoms with Crippen molar-refractivity contribution in [2.75, 3.05) is 0 Å². The second-order valence-electron chi connectivity index (χ2n) is 7.66. The molecule has 0 spiro atoms. The molecule has 4 rings (SSSR count). The van der Waals surface area contributed by atoms with E-state index in [1.807, 2.05) is 22.6 Å². The molecule has 0 radical (unpaired) electrons. The van der Waals surface area contributed by atoms with Crippen molar-refractivity contribution >= 4 is 11.3 Å². The van der Waals surface area contributed by atoms with E-state index in [0.29, 0.717) is 5.69 Å². The van der Waals surface area contributed by atoms with Gasteiger partial charge < -0.3 is 0 Å². The van der Waals surface area contributed by atoms with E-state index < -0.39 is 0 Å². The second-order valence-corrected chi connectivity index (χ2v) is 7.66. The molecule has 0 atom stereocenters. The maximum Gasteiger partial charge on any atom is 0.187 e. The lowest BCUT2D eigenvalue weighted by Gasteiger charge is -2.19. The number of benzene rings is 2. The van der Waals surface area contributed by atoms with E-state index in [1.54, 1.807) is 12.1 Å². The highest BCUT2D eigenvalue weighted by Crippen LogP contribution is 2.28. The molecule has 0 unspecified atom stereocenters. The summed E-state index contributed by atoms with van der Waals surface area (Å²) in [5.41, 5.74) is 6.09. The maximum atomic E-state index is 7.09. The van der Waals surface area contributed by atoms with Gasteiger partial charge in [0.05, 0.1) is 6.57 Å². The molecule has 0 aliphatic carbocycles. The third kappa shape index (κ3) is 3.20. The van der Waals surface area contributed by atoms with E-state index in [-0.39, 0.29) is 5.41 Å². The van der Waals surface area contributed by atoms with Gasteiger partial charge in [-0.05, 0) is 34.2 Å². The Morgan fingerprint density at radius 3 is 2.04 bits per heavy atom. The molecular weight excluding hydrogens is 332 g/mol. The van der Waals surface area contributed by atoms with Gasteiger partial charge >= 0.3 is 0 Å². The number of pyridine rings is 1. The third-order valence-electron chi connectivity index (χ3n) is 4.74. The van der Waals surface area contributed by atoms with E-state index in [2.05, 4.69) is 72.3 Å². The predicted octanol–water partition coefficient (Wildman–Crippen LogP) is 5.91. The molecule has 27 heavy (non-hydrogen) atoms. The van der Waals surface area contributed by atoms with Crippen molar-refractivity contribution in [3.63, 3.8) is 0 Å². The lowest BCUT2D eigenvalue weighted by molar-refractivity contribution is 0.590. The van der Waals surface area contributed by atoms with Gasteiger partial charge in [-0.25, -0.2) is 4.85 Å². The van der Waals surface area contributed by atoms with Crippen LogP contribution in [0, 0.1) is 6.57 Å². The van der Waals surface area contributed by atoms with Crippen molar-refractivity contribution in [1.29, 1.82) is 0 Å². The Balaban J connectivity index is 1.76. The zero-order valence-corrected chi connectivity index (χ0v) is 15.6. The highest BCUT2D eigenvalue weighted by Gasteiger charge is 2.14. The van der Waals surface area contributed by atoms with Crippen molar-refractivity contribution in [2.45, 2.75) is 26.2 Å². The summed E-state index contributed by atoms with van der Waals surface area (Å²) in [4.78, 5) is 3.44. The van der Waals surface area contributed by atoms with Crippen LogP contribution in [0.2, 0.25) is 0 Å². The van der Waals surface area contributed by atoms with Gasteiger partial charge in [-0.3, -0.25) is 4.40 Å². The van der Waals surface area contributed by atoms with E-state index >= 15 is 0 Å². The number of rotatable bonds is 2. The van der Waals surface area contributed by atoms with Crippen LogP contribution in [0.1, 0.15) is 26.3 Å². The van der Waals surface area contributed by atoms with Crippen molar-refractivity contribution in [1.82, 2.24) is 14.6 Å². The Morgan fingerprint density at radius 1 is 0.778 bits per heavy atom. The normalized spacial score (nSPS) is 11.5. The fourth-order valence-electron chi connectivity index (χ4n) is 3.11. The van der Waals surface area contributed by atoms with Crippen molar-refractivity contribution in [3.05, 3.63) is 83.8 Å². The van der Waals surface area contributed by atoms with E-state index in [9.17, 15) is 0 Å². The molecule has 0 saturated heterocycles. The number of hydrogen-bond acceptors (Lipinski definition) is 2. The van der Waals surface area contributed by atoms with Crippen LogP contribution in [0.4, 0.5) is 5.69 Å². The van der Waals surface area contributed by atoms with Crippen LogP contribution in [-0.2, 0) is 5.41 Å². The summed E-state index contributed by atoms with van der Waals surface area (Å²) in [6, 6.07) is 20.2. The van der Waals surface area contributed by atoms with Crippen LogP contribution in [0.5, 0.6) is 0 Å². The zero-order chi connectivity index (χ0) is 19.0. The lowest BCUT2D eigenvalue weighted by Crippen LogP contribution is -2.10. The molecule has 2 aromatic heterocycles. The molecule has 0 bridgehead atoms. The average Bonchev–Trinajstić information content (AvgIpc) is 3.10. The summed E-state index contributed by atoms with van der Waals surface area (Å²) in [6.45, 7) is 13.7. The van der Waals surface area contributed by atoms with Gasteiger partial charge in [-0.2, -0.15) is 0 Å². The fraction of sp³-hybridized carbons (Fsp3) is 0.174. The molecule has 4 heteroatoms. The van der Waals surface area contributed by atoms with Crippen LogP contribution in [-0.4, -0.2) is 14.6 Å². The molecule has 0 aliphatic heterocycles. The topological polar surface area (TPSA) is 34.5 Å². The highest BCUT2D eigenvalue weighted by atomic mass is 15.2. The van der Waals surface area contributed by atoms with Crippen LogP contribution >= 0.6 is 0 Å². The molecule has 4 aromatic rings. The molecule has 132 valence electrons. The summed E-state index contributed by atoms with van der Waals surface area (Å²) in [6.07, 6.45) is 2.07. The fourth-order valence-corrected chi connectivity index (χ4v) is 3.11. The predicted molar refractivity (Wildman–Crippen MR) is 109 cm³/mol. The number of aromatic nitrogens is 3. The highest BCUT2D eigenvalue weighted by molar-refractivity contribution is 5.68. The quantitative estimate of drug-likeness (QED) is 0.420. The van der Waals surface area contributed by atoms with Gasteiger partial charge in [-0.1, -0.05) is 69.3 Å². The van der Waals surface area contributed by atoms with Gasteiger partial charge in [0, 0.05) is 11.8 Å². The summed E-state index contributed by atoms with van der Waals surface area (Å²) in [7, 11) is 0. The van der Waals surface area contributed by atoms with Crippen LogP contribution < -0.4 is 0 Å². The first kappa shape index (κ1) is 17.0. The van der Waals surface area contributed by atoms with Gasteiger partial charge in [0.2, 0.25) is 0 Å². The molecule has 0 N–H and O–H groups in total. The van der Waals surface area contributed by atoms with Gasteiger partial charge in [0.1, 0.15) is 0 Å². The van der Waals surface area contributed by atoms with Crippen LogP contribution in [0.25, 0.3) is 33.0 Å². The lowest BCUT2D eigenvalue weighted by atomic mass is 9.86. The Bertz CT molecular complexity index is 1140. The maximum absolute atomic E-state index is 7.09. The van der Waals surface area contributed by atoms with Crippen LogP contribution in [0.15, 0.2) is 66.9 Å². The minimum Gasteiger partial charge on any atom is -0.282 e. The molecule has 2 aromatic carbocycles. The minimum absolute atomic E-state index is 0.140. The van der Waals surface area contributed by atoms with Gasteiger partial charge in [0.15, 0.2) is 17.2 Å². The molecule has 0 amide bonds. The number of fused-ring (bicyclic) bond motifs is 1. The average molecular weight is 352 g/mol. The SMILES string of the molecule is [C-]#[N+]c1ccc(-c2nnc3ccc(-c4ccc(C(C)(C)C)cc4)cn23)cc1. The Labute approximate surface area is 158 Å². The summed E-state index contributed by atoms with van der Waals surface area (Å²) in [5.74, 6) is 0.773. The van der Waals surface area contributed by atoms with E-state index in [4.69, 9.17) is 6.57 Å². The second kappa shape index (κ2) is 6.37. The first-order valence-corrected chi connectivity index (χ1v) is 8.89. The monoisotopic (exact) mass is 352 g/mol. The Morgan fingerprint density at radius 2 is 1.41 bits per heavy atom. The number of hydrogen-bond donors (Lipinski definition) is 0.